The quantitative estimate of drug-likeness (QED) is 0.431. The number of rotatable bonds is 6. The molecule has 0 aliphatic carbocycles. The number of halogens is 1. The van der Waals surface area contributed by atoms with Gasteiger partial charge in [-0.25, -0.2) is 5.01 Å². The highest BCUT2D eigenvalue weighted by Crippen LogP contribution is 2.20. The molecular formula is C17H24ClN5O3S. The standard InChI is InChI=1S/C17H24ClN5O3S/c1-4-26-15(25)8-9-19-17(27)23-11-5-10-22(23)14(24)7-6-13-12(2)20-21(3)16(13)18/h6-7H,4-5,8-11H2,1-3H3,(H,19,27). The smallest absolute Gasteiger partial charge is 0.307 e. The summed E-state index contributed by atoms with van der Waals surface area (Å²) in [5.41, 5.74) is 1.47. The van der Waals surface area contributed by atoms with Crippen molar-refractivity contribution in [1.82, 2.24) is 25.1 Å². The molecule has 148 valence electrons. The van der Waals surface area contributed by atoms with Gasteiger partial charge in [-0.2, -0.15) is 5.10 Å². The Balaban J connectivity index is 1.94. The molecular weight excluding hydrogens is 390 g/mol. The molecule has 0 spiro atoms. The molecule has 10 heteroatoms. The summed E-state index contributed by atoms with van der Waals surface area (Å²) in [7, 11) is 1.75. The number of hydrazine groups is 1. The van der Waals surface area contributed by atoms with Crippen LogP contribution in [0.25, 0.3) is 6.08 Å². The maximum Gasteiger partial charge on any atom is 0.307 e. The van der Waals surface area contributed by atoms with E-state index in [1.165, 1.54) is 6.08 Å². The van der Waals surface area contributed by atoms with Crippen molar-refractivity contribution in [2.75, 3.05) is 26.2 Å². The van der Waals surface area contributed by atoms with Crippen LogP contribution in [0.3, 0.4) is 0 Å². The predicted octanol–water partition coefficient (Wildman–Crippen LogP) is 1.67. The number of nitrogens with zero attached hydrogens (tertiary/aromatic N) is 4. The van der Waals surface area contributed by atoms with Crippen LogP contribution >= 0.6 is 23.8 Å². The normalized spacial score (nSPS) is 14.1. The van der Waals surface area contributed by atoms with Crippen LogP contribution in [0.2, 0.25) is 5.15 Å². The van der Waals surface area contributed by atoms with Crippen molar-refractivity contribution in [2.24, 2.45) is 7.05 Å². The van der Waals surface area contributed by atoms with Gasteiger partial charge in [-0.3, -0.25) is 19.3 Å². The summed E-state index contributed by atoms with van der Waals surface area (Å²) < 4.78 is 6.44. The van der Waals surface area contributed by atoms with Crippen LogP contribution in [0.5, 0.6) is 0 Å². The number of carbonyl (C=O) groups is 2. The molecule has 1 amide bonds. The summed E-state index contributed by atoms with van der Waals surface area (Å²) in [5, 5.41) is 11.4. The number of ether oxygens (including phenoxy) is 1. The molecule has 1 N–H and O–H groups in total. The van der Waals surface area contributed by atoms with Crippen LogP contribution in [-0.2, 0) is 21.4 Å². The highest BCUT2D eigenvalue weighted by atomic mass is 35.5. The Labute approximate surface area is 169 Å². The first-order valence-corrected chi connectivity index (χ1v) is 9.53. The molecule has 1 saturated heterocycles. The van der Waals surface area contributed by atoms with E-state index in [4.69, 9.17) is 28.6 Å². The van der Waals surface area contributed by atoms with Gasteiger partial charge in [-0.05, 0) is 38.6 Å². The van der Waals surface area contributed by atoms with Gasteiger partial charge in [-0.15, -0.1) is 0 Å². The number of aromatic nitrogens is 2. The summed E-state index contributed by atoms with van der Waals surface area (Å²) in [6, 6.07) is 0. The maximum atomic E-state index is 12.6. The monoisotopic (exact) mass is 413 g/mol. The molecule has 1 fully saturated rings. The summed E-state index contributed by atoms with van der Waals surface area (Å²) >= 11 is 11.5. The fourth-order valence-electron chi connectivity index (χ4n) is 2.72. The molecule has 0 bridgehead atoms. The van der Waals surface area contributed by atoms with Crippen molar-refractivity contribution in [2.45, 2.75) is 26.7 Å². The highest BCUT2D eigenvalue weighted by Gasteiger charge is 2.27. The molecule has 0 aromatic carbocycles. The fourth-order valence-corrected chi connectivity index (χ4v) is 3.25. The Morgan fingerprint density at radius 3 is 2.70 bits per heavy atom. The van der Waals surface area contributed by atoms with Gasteiger partial charge in [0.2, 0.25) is 0 Å². The lowest BCUT2D eigenvalue weighted by Gasteiger charge is -2.29. The Morgan fingerprint density at radius 1 is 1.37 bits per heavy atom. The Bertz CT molecular complexity index is 749. The lowest BCUT2D eigenvalue weighted by Crippen LogP contribution is -2.49. The van der Waals surface area contributed by atoms with Gasteiger partial charge in [0.05, 0.1) is 18.7 Å². The number of hydrogen-bond acceptors (Lipinski definition) is 5. The average Bonchev–Trinajstić information content (AvgIpc) is 3.19. The van der Waals surface area contributed by atoms with E-state index in [0.717, 1.165) is 12.1 Å². The average molecular weight is 414 g/mol. The van der Waals surface area contributed by atoms with Gasteiger partial charge in [-0.1, -0.05) is 11.6 Å². The fraction of sp³-hybridized carbons (Fsp3) is 0.529. The van der Waals surface area contributed by atoms with Crippen molar-refractivity contribution in [3.8, 4) is 0 Å². The van der Waals surface area contributed by atoms with Crippen LogP contribution in [0.4, 0.5) is 0 Å². The van der Waals surface area contributed by atoms with E-state index in [1.54, 1.807) is 34.7 Å². The van der Waals surface area contributed by atoms with Crippen molar-refractivity contribution in [3.05, 3.63) is 22.5 Å². The van der Waals surface area contributed by atoms with Gasteiger partial charge in [0.15, 0.2) is 5.11 Å². The van der Waals surface area contributed by atoms with E-state index in [1.807, 2.05) is 6.92 Å². The Kier molecular flexibility index (Phi) is 7.61. The molecule has 2 heterocycles. The SMILES string of the molecule is CCOC(=O)CCNC(=S)N1CCCN1C(=O)C=Cc1c(C)nn(C)c1Cl. The molecule has 1 aromatic rings. The van der Waals surface area contributed by atoms with Crippen LogP contribution in [0.15, 0.2) is 6.08 Å². The summed E-state index contributed by atoms with van der Waals surface area (Å²) in [6.07, 6.45) is 4.16. The molecule has 0 saturated carbocycles. The number of amides is 1. The molecule has 2 rings (SSSR count). The summed E-state index contributed by atoms with van der Waals surface area (Å²) in [5.74, 6) is -0.477. The first-order valence-electron chi connectivity index (χ1n) is 8.74. The Hall–Kier alpha value is -2.13. The zero-order valence-corrected chi connectivity index (χ0v) is 17.3. The molecule has 8 nitrogen and oxygen atoms in total. The molecule has 0 unspecified atom stereocenters. The van der Waals surface area contributed by atoms with Crippen LogP contribution in [-0.4, -0.2) is 63.0 Å². The van der Waals surface area contributed by atoms with E-state index in [9.17, 15) is 9.59 Å². The third-order valence-electron chi connectivity index (χ3n) is 4.02. The van der Waals surface area contributed by atoms with E-state index < -0.39 is 0 Å². The minimum atomic E-state index is -0.284. The summed E-state index contributed by atoms with van der Waals surface area (Å²) in [6.45, 7) is 5.51. The molecule has 1 aliphatic rings. The van der Waals surface area contributed by atoms with E-state index in [2.05, 4.69) is 10.4 Å². The minimum Gasteiger partial charge on any atom is -0.466 e. The lowest BCUT2D eigenvalue weighted by molar-refractivity contribution is -0.143. The van der Waals surface area contributed by atoms with Gasteiger partial charge in [0, 0.05) is 38.3 Å². The predicted molar refractivity (Wildman–Crippen MR) is 107 cm³/mol. The zero-order valence-electron chi connectivity index (χ0n) is 15.7. The summed E-state index contributed by atoms with van der Waals surface area (Å²) in [4.78, 5) is 24.0. The van der Waals surface area contributed by atoms with Crippen molar-refractivity contribution in [3.63, 3.8) is 0 Å². The van der Waals surface area contributed by atoms with E-state index in [-0.39, 0.29) is 18.3 Å². The second-order valence-corrected chi connectivity index (χ2v) is 6.72. The minimum absolute atomic E-state index is 0.193. The zero-order chi connectivity index (χ0) is 20.0. The first-order chi connectivity index (χ1) is 12.8. The van der Waals surface area contributed by atoms with Gasteiger partial charge >= 0.3 is 5.97 Å². The van der Waals surface area contributed by atoms with Gasteiger partial charge in [0.25, 0.3) is 5.91 Å². The second-order valence-electron chi connectivity index (χ2n) is 5.97. The first kappa shape index (κ1) is 21.2. The van der Waals surface area contributed by atoms with Crippen molar-refractivity contribution in [1.29, 1.82) is 0 Å². The Morgan fingerprint density at radius 2 is 2.07 bits per heavy atom. The maximum absolute atomic E-state index is 12.6. The molecule has 0 atom stereocenters. The number of aryl methyl sites for hydroxylation is 2. The van der Waals surface area contributed by atoms with E-state index >= 15 is 0 Å². The number of carbonyl (C=O) groups excluding carboxylic acids is 2. The number of thiocarbonyl (C=S) groups is 1. The second kappa shape index (κ2) is 9.70. The van der Waals surface area contributed by atoms with Crippen LogP contribution < -0.4 is 5.32 Å². The molecule has 1 aromatic heterocycles. The van der Waals surface area contributed by atoms with Crippen LogP contribution in [0.1, 0.15) is 31.0 Å². The van der Waals surface area contributed by atoms with Crippen molar-refractivity contribution < 1.29 is 14.3 Å². The highest BCUT2D eigenvalue weighted by molar-refractivity contribution is 7.80. The van der Waals surface area contributed by atoms with Gasteiger partial charge in [0.1, 0.15) is 5.15 Å². The van der Waals surface area contributed by atoms with Crippen molar-refractivity contribution >= 4 is 46.9 Å². The molecule has 1 aliphatic heterocycles. The number of esters is 1. The lowest BCUT2D eigenvalue weighted by atomic mass is 10.2. The topological polar surface area (TPSA) is 79.7 Å². The number of nitrogens with one attached hydrogen (secondary N) is 1. The van der Waals surface area contributed by atoms with Gasteiger partial charge < -0.3 is 10.1 Å². The van der Waals surface area contributed by atoms with Crippen LogP contribution in [0, 0.1) is 6.92 Å². The third-order valence-corrected chi connectivity index (χ3v) is 4.82. The van der Waals surface area contributed by atoms with E-state index in [0.29, 0.717) is 42.1 Å². The molecule has 0 radical (unpaired) electrons. The third kappa shape index (κ3) is 5.43. The number of hydrogen-bond donors (Lipinski definition) is 1. The molecule has 27 heavy (non-hydrogen) atoms. The largest absolute Gasteiger partial charge is 0.466 e.